The molecule has 0 saturated carbocycles. The lowest BCUT2D eigenvalue weighted by Gasteiger charge is -2.17. The highest BCUT2D eigenvalue weighted by molar-refractivity contribution is 5.97. The molecule has 1 aromatic rings. The van der Waals surface area contributed by atoms with Gasteiger partial charge in [-0.2, -0.15) is 0 Å². The summed E-state index contributed by atoms with van der Waals surface area (Å²) in [5, 5.41) is 11.7. The largest absolute Gasteiger partial charge is 0.480 e. The van der Waals surface area contributed by atoms with Crippen LogP contribution < -0.4 is 5.32 Å². The number of carbonyl (C=O) groups excluding carboxylic acids is 1. The van der Waals surface area contributed by atoms with Crippen molar-refractivity contribution in [2.75, 3.05) is 0 Å². The zero-order valence-electron chi connectivity index (χ0n) is 11.9. The van der Waals surface area contributed by atoms with Crippen molar-refractivity contribution in [3.63, 3.8) is 0 Å². The zero-order chi connectivity index (χ0) is 14.6. The van der Waals surface area contributed by atoms with Gasteiger partial charge in [-0.3, -0.25) is 4.79 Å². The van der Waals surface area contributed by atoms with Gasteiger partial charge in [0.05, 0.1) is 0 Å². The number of carboxylic acid groups (broad SMARTS) is 1. The molecule has 0 aromatic heterocycles. The van der Waals surface area contributed by atoms with E-state index < -0.39 is 12.0 Å². The lowest BCUT2D eigenvalue weighted by molar-refractivity contribution is -0.139. The average molecular weight is 263 g/mol. The topological polar surface area (TPSA) is 66.4 Å². The fourth-order valence-electron chi connectivity index (χ4n) is 2.00. The van der Waals surface area contributed by atoms with Crippen molar-refractivity contribution in [2.24, 2.45) is 5.92 Å². The van der Waals surface area contributed by atoms with E-state index >= 15 is 0 Å². The molecule has 1 atom stereocenters. The van der Waals surface area contributed by atoms with Gasteiger partial charge >= 0.3 is 5.97 Å². The Kier molecular flexibility index (Phi) is 5.10. The molecule has 2 N–H and O–H groups in total. The normalized spacial score (nSPS) is 12.3. The van der Waals surface area contributed by atoms with Crippen LogP contribution in [0, 0.1) is 19.8 Å². The summed E-state index contributed by atoms with van der Waals surface area (Å²) in [6.45, 7) is 7.66. The van der Waals surface area contributed by atoms with E-state index in [2.05, 4.69) is 5.32 Å². The summed E-state index contributed by atoms with van der Waals surface area (Å²) in [7, 11) is 0. The summed E-state index contributed by atoms with van der Waals surface area (Å²) < 4.78 is 0. The number of amides is 1. The number of carboxylic acids is 1. The fourth-order valence-corrected chi connectivity index (χ4v) is 2.00. The second-order valence-corrected chi connectivity index (χ2v) is 5.31. The fraction of sp³-hybridized carbons (Fsp3) is 0.467. The second-order valence-electron chi connectivity index (χ2n) is 5.31. The number of hydrogen-bond acceptors (Lipinski definition) is 2. The summed E-state index contributed by atoms with van der Waals surface area (Å²) in [5.74, 6) is -1.11. The van der Waals surface area contributed by atoms with Crippen molar-refractivity contribution < 1.29 is 14.7 Å². The van der Waals surface area contributed by atoms with Crippen LogP contribution in [0.5, 0.6) is 0 Å². The highest BCUT2D eigenvalue weighted by Gasteiger charge is 2.22. The number of carbonyl (C=O) groups is 2. The van der Waals surface area contributed by atoms with Gasteiger partial charge in [0.25, 0.3) is 5.91 Å². The van der Waals surface area contributed by atoms with Gasteiger partial charge in [0.1, 0.15) is 6.04 Å². The number of hydrogen-bond donors (Lipinski definition) is 2. The molecule has 1 amide bonds. The summed E-state index contributed by atoms with van der Waals surface area (Å²) in [5.41, 5.74) is 2.46. The van der Waals surface area contributed by atoms with Gasteiger partial charge in [-0.25, -0.2) is 4.79 Å². The molecule has 19 heavy (non-hydrogen) atoms. The second kappa shape index (κ2) is 6.36. The van der Waals surface area contributed by atoms with Crippen LogP contribution >= 0.6 is 0 Å². The van der Waals surface area contributed by atoms with Crippen LogP contribution in [-0.2, 0) is 4.79 Å². The van der Waals surface area contributed by atoms with Gasteiger partial charge in [-0.15, -0.1) is 0 Å². The molecule has 1 rings (SSSR count). The molecule has 0 bridgehead atoms. The van der Waals surface area contributed by atoms with Gasteiger partial charge in [0.15, 0.2) is 0 Å². The third-order valence-electron chi connectivity index (χ3n) is 2.94. The van der Waals surface area contributed by atoms with Gasteiger partial charge in [-0.1, -0.05) is 31.5 Å². The summed E-state index contributed by atoms with van der Waals surface area (Å²) in [6.07, 6.45) is 0.423. The first-order chi connectivity index (χ1) is 8.81. The van der Waals surface area contributed by atoms with Crippen molar-refractivity contribution >= 4 is 11.9 Å². The van der Waals surface area contributed by atoms with E-state index in [0.717, 1.165) is 11.1 Å². The Labute approximate surface area is 113 Å². The van der Waals surface area contributed by atoms with Crippen molar-refractivity contribution in [1.82, 2.24) is 5.32 Å². The van der Waals surface area contributed by atoms with Crippen LogP contribution in [0.3, 0.4) is 0 Å². The molecule has 0 aliphatic carbocycles. The minimum Gasteiger partial charge on any atom is -0.480 e. The Bertz CT molecular complexity index is 480. The SMILES string of the molecule is Cc1ccc(C(=O)NC(CC(C)C)C(=O)O)c(C)c1. The van der Waals surface area contributed by atoms with Crippen LogP contribution in [0.2, 0.25) is 0 Å². The monoisotopic (exact) mass is 263 g/mol. The smallest absolute Gasteiger partial charge is 0.326 e. The standard InChI is InChI=1S/C15H21NO3/c1-9(2)7-13(15(18)19)16-14(17)12-6-5-10(3)8-11(12)4/h5-6,8-9,13H,7H2,1-4H3,(H,16,17)(H,18,19). The number of aryl methyl sites for hydroxylation is 2. The third-order valence-corrected chi connectivity index (χ3v) is 2.94. The molecule has 0 heterocycles. The molecule has 0 radical (unpaired) electrons. The van der Waals surface area contributed by atoms with Crippen LogP contribution in [-0.4, -0.2) is 23.0 Å². The number of aliphatic carboxylic acids is 1. The van der Waals surface area contributed by atoms with E-state index in [-0.39, 0.29) is 11.8 Å². The molecule has 0 aliphatic rings. The van der Waals surface area contributed by atoms with Crippen molar-refractivity contribution in [3.8, 4) is 0 Å². The molecule has 4 nitrogen and oxygen atoms in total. The molecule has 104 valence electrons. The van der Waals surface area contributed by atoms with Crippen LogP contribution in [0.25, 0.3) is 0 Å². The maximum atomic E-state index is 12.1. The molecule has 0 aliphatic heterocycles. The minimum absolute atomic E-state index is 0.209. The number of nitrogens with one attached hydrogen (secondary N) is 1. The molecule has 1 aromatic carbocycles. The molecule has 0 spiro atoms. The van der Waals surface area contributed by atoms with Gasteiger partial charge < -0.3 is 10.4 Å². The van der Waals surface area contributed by atoms with E-state index in [4.69, 9.17) is 5.11 Å². The molecule has 4 heteroatoms. The summed E-state index contributed by atoms with van der Waals surface area (Å²) in [4.78, 5) is 23.2. The molecule has 1 unspecified atom stereocenters. The summed E-state index contributed by atoms with van der Waals surface area (Å²) >= 11 is 0. The lowest BCUT2D eigenvalue weighted by Crippen LogP contribution is -2.41. The first-order valence-corrected chi connectivity index (χ1v) is 6.42. The van der Waals surface area contributed by atoms with E-state index in [1.54, 1.807) is 6.07 Å². The van der Waals surface area contributed by atoms with Gasteiger partial charge in [0.2, 0.25) is 0 Å². The zero-order valence-corrected chi connectivity index (χ0v) is 11.9. The number of benzene rings is 1. The van der Waals surface area contributed by atoms with E-state index in [0.29, 0.717) is 12.0 Å². The maximum Gasteiger partial charge on any atom is 0.326 e. The molecular weight excluding hydrogens is 242 g/mol. The Hall–Kier alpha value is -1.84. The lowest BCUT2D eigenvalue weighted by atomic mass is 10.0. The van der Waals surface area contributed by atoms with Gasteiger partial charge in [0, 0.05) is 5.56 Å². The average Bonchev–Trinajstić information content (AvgIpc) is 2.26. The van der Waals surface area contributed by atoms with Crippen LogP contribution in [0.1, 0.15) is 41.8 Å². The first-order valence-electron chi connectivity index (χ1n) is 6.42. The van der Waals surface area contributed by atoms with Gasteiger partial charge in [-0.05, 0) is 37.8 Å². The molecular formula is C15H21NO3. The Morgan fingerprint density at radius 3 is 2.37 bits per heavy atom. The Morgan fingerprint density at radius 1 is 1.26 bits per heavy atom. The first kappa shape index (κ1) is 15.2. The molecule has 0 saturated heterocycles. The maximum absolute atomic E-state index is 12.1. The highest BCUT2D eigenvalue weighted by Crippen LogP contribution is 2.12. The van der Waals surface area contributed by atoms with Crippen molar-refractivity contribution in [1.29, 1.82) is 0 Å². The Morgan fingerprint density at radius 2 is 1.89 bits per heavy atom. The summed E-state index contributed by atoms with van der Waals surface area (Å²) in [6, 6.07) is 4.65. The van der Waals surface area contributed by atoms with E-state index in [1.165, 1.54) is 0 Å². The Balaban J connectivity index is 2.84. The third kappa shape index (κ3) is 4.39. The predicted molar refractivity (Wildman–Crippen MR) is 74.3 cm³/mol. The van der Waals surface area contributed by atoms with Crippen LogP contribution in [0.4, 0.5) is 0 Å². The highest BCUT2D eigenvalue weighted by atomic mass is 16.4. The predicted octanol–water partition coefficient (Wildman–Crippen LogP) is 2.53. The molecule has 0 fully saturated rings. The minimum atomic E-state index is -0.994. The quantitative estimate of drug-likeness (QED) is 0.858. The van der Waals surface area contributed by atoms with Crippen LogP contribution in [0.15, 0.2) is 18.2 Å². The number of rotatable bonds is 5. The van der Waals surface area contributed by atoms with E-state index in [1.807, 2.05) is 39.8 Å². The van der Waals surface area contributed by atoms with E-state index in [9.17, 15) is 9.59 Å². The van der Waals surface area contributed by atoms with Crippen molar-refractivity contribution in [2.45, 2.75) is 40.2 Å². The van der Waals surface area contributed by atoms with Crippen molar-refractivity contribution in [3.05, 3.63) is 34.9 Å².